The second kappa shape index (κ2) is 4.26. The number of hydrogen-bond acceptors (Lipinski definition) is 1. The van der Waals surface area contributed by atoms with Crippen LogP contribution in [0.4, 0.5) is 0 Å². The van der Waals surface area contributed by atoms with E-state index in [1.165, 1.54) is 16.5 Å². The maximum atomic E-state index is 5.66. The third kappa shape index (κ3) is 1.72. The summed E-state index contributed by atoms with van der Waals surface area (Å²) in [5.74, 6) is 0. The summed E-state index contributed by atoms with van der Waals surface area (Å²) in [6, 6.07) is 6.11. The number of rotatable bonds is 1. The molecule has 0 unspecified atom stereocenters. The molecule has 0 aliphatic carbocycles. The predicted octanol–water partition coefficient (Wildman–Crippen LogP) is 4.37. The van der Waals surface area contributed by atoms with Gasteiger partial charge in [0, 0.05) is 16.6 Å². The minimum atomic E-state index is 1.04. The van der Waals surface area contributed by atoms with Gasteiger partial charge in [0.05, 0.1) is 5.52 Å². The van der Waals surface area contributed by atoms with Gasteiger partial charge in [0.15, 0.2) is 0 Å². The molecule has 0 spiro atoms. The van der Waals surface area contributed by atoms with Gasteiger partial charge in [0.25, 0.3) is 0 Å². The van der Waals surface area contributed by atoms with Crippen molar-refractivity contribution >= 4 is 28.6 Å². The van der Waals surface area contributed by atoms with Gasteiger partial charge in [-0.1, -0.05) is 23.7 Å². The second-order valence-electron chi connectivity index (χ2n) is 3.98. The normalized spacial score (nSPS) is 11.5. The van der Waals surface area contributed by atoms with E-state index in [2.05, 4.69) is 24.9 Å². The van der Waals surface area contributed by atoms with E-state index >= 15 is 0 Å². The van der Waals surface area contributed by atoms with Crippen molar-refractivity contribution in [3.63, 3.8) is 0 Å². The molecule has 2 aromatic rings. The van der Waals surface area contributed by atoms with Crippen molar-refractivity contribution in [3.05, 3.63) is 46.1 Å². The van der Waals surface area contributed by atoms with Gasteiger partial charge >= 0.3 is 0 Å². The predicted molar refractivity (Wildman–Crippen MR) is 70.8 cm³/mol. The van der Waals surface area contributed by atoms with Crippen LogP contribution >= 0.6 is 11.6 Å². The Morgan fingerprint density at radius 3 is 2.56 bits per heavy atom. The van der Waals surface area contributed by atoms with Gasteiger partial charge < -0.3 is 0 Å². The zero-order chi connectivity index (χ0) is 11.7. The standard InChI is InChI=1S/C14H14ClN/c1-9-10(2)14-12(7-8-15)5-4-6-13(14)16-11(9)3/h4-8H,1-3H3/b8-7+. The maximum Gasteiger partial charge on any atom is 0.0714 e. The van der Waals surface area contributed by atoms with Gasteiger partial charge in [-0.3, -0.25) is 4.98 Å². The van der Waals surface area contributed by atoms with Crippen molar-refractivity contribution in [3.8, 4) is 0 Å². The van der Waals surface area contributed by atoms with Crippen molar-refractivity contribution in [1.82, 2.24) is 4.98 Å². The molecule has 1 aromatic carbocycles. The van der Waals surface area contributed by atoms with Crippen LogP contribution in [-0.2, 0) is 0 Å². The van der Waals surface area contributed by atoms with Crippen LogP contribution in [0.1, 0.15) is 22.4 Å². The Labute approximate surface area is 101 Å². The van der Waals surface area contributed by atoms with Crippen LogP contribution in [0.25, 0.3) is 17.0 Å². The highest BCUT2D eigenvalue weighted by atomic mass is 35.5. The van der Waals surface area contributed by atoms with Crippen LogP contribution < -0.4 is 0 Å². The molecule has 0 saturated carbocycles. The van der Waals surface area contributed by atoms with Crippen molar-refractivity contribution in [2.45, 2.75) is 20.8 Å². The third-order valence-corrected chi connectivity index (χ3v) is 3.21. The molecule has 2 rings (SSSR count). The summed E-state index contributed by atoms with van der Waals surface area (Å²) >= 11 is 5.66. The topological polar surface area (TPSA) is 12.9 Å². The highest BCUT2D eigenvalue weighted by Crippen LogP contribution is 2.26. The van der Waals surface area contributed by atoms with Crippen LogP contribution in [0.3, 0.4) is 0 Å². The molecule has 0 bridgehead atoms. The van der Waals surface area contributed by atoms with Crippen LogP contribution in [-0.4, -0.2) is 4.98 Å². The molecular formula is C14H14ClN. The number of hydrogen-bond donors (Lipinski definition) is 0. The molecule has 0 saturated heterocycles. The number of pyridine rings is 1. The van der Waals surface area contributed by atoms with E-state index in [4.69, 9.17) is 11.6 Å². The Morgan fingerprint density at radius 1 is 1.12 bits per heavy atom. The Bertz CT molecular complexity index is 570. The molecular weight excluding hydrogens is 218 g/mol. The minimum Gasteiger partial charge on any atom is -0.253 e. The molecule has 0 atom stereocenters. The van der Waals surface area contributed by atoms with Crippen LogP contribution in [0.5, 0.6) is 0 Å². The average Bonchev–Trinajstić information content (AvgIpc) is 2.26. The number of halogens is 1. The summed E-state index contributed by atoms with van der Waals surface area (Å²) in [5.41, 5.74) is 7.34. The highest BCUT2D eigenvalue weighted by Gasteiger charge is 2.07. The fourth-order valence-corrected chi connectivity index (χ4v) is 2.13. The molecule has 0 aliphatic rings. The van der Waals surface area contributed by atoms with E-state index in [9.17, 15) is 0 Å². The molecule has 2 heteroatoms. The van der Waals surface area contributed by atoms with Gasteiger partial charge in [-0.25, -0.2) is 0 Å². The van der Waals surface area contributed by atoms with Crippen LogP contribution in [0.2, 0.25) is 0 Å². The monoisotopic (exact) mass is 231 g/mol. The SMILES string of the molecule is Cc1nc2cccc(/C=C/Cl)c2c(C)c1C. The average molecular weight is 232 g/mol. The minimum absolute atomic E-state index is 1.04. The molecule has 0 aliphatic heterocycles. The number of nitrogens with zero attached hydrogens (tertiary/aromatic N) is 1. The van der Waals surface area contributed by atoms with Crippen molar-refractivity contribution in [2.75, 3.05) is 0 Å². The van der Waals surface area contributed by atoms with Crippen LogP contribution in [0.15, 0.2) is 23.7 Å². The van der Waals surface area contributed by atoms with E-state index in [1.54, 1.807) is 5.54 Å². The van der Waals surface area contributed by atoms with Crippen molar-refractivity contribution in [1.29, 1.82) is 0 Å². The first-order chi connectivity index (χ1) is 7.65. The van der Waals surface area contributed by atoms with E-state index in [0.29, 0.717) is 0 Å². The zero-order valence-corrected chi connectivity index (χ0v) is 10.5. The van der Waals surface area contributed by atoms with E-state index in [0.717, 1.165) is 16.8 Å². The first kappa shape index (κ1) is 11.2. The lowest BCUT2D eigenvalue weighted by Crippen LogP contribution is -1.94. The lowest BCUT2D eigenvalue weighted by Gasteiger charge is -2.10. The molecule has 0 N–H and O–H groups in total. The Hall–Kier alpha value is -1.34. The number of fused-ring (bicyclic) bond motifs is 1. The lowest BCUT2D eigenvalue weighted by atomic mass is 9.99. The van der Waals surface area contributed by atoms with E-state index < -0.39 is 0 Å². The molecule has 82 valence electrons. The van der Waals surface area contributed by atoms with Gasteiger partial charge in [-0.15, -0.1) is 0 Å². The molecule has 0 radical (unpaired) electrons. The number of aromatic nitrogens is 1. The van der Waals surface area contributed by atoms with Gasteiger partial charge in [0.2, 0.25) is 0 Å². The van der Waals surface area contributed by atoms with Crippen molar-refractivity contribution < 1.29 is 0 Å². The quantitative estimate of drug-likeness (QED) is 0.710. The third-order valence-electron chi connectivity index (χ3n) is 3.09. The summed E-state index contributed by atoms with van der Waals surface area (Å²) in [5, 5.41) is 1.20. The Balaban J connectivity index is 2.91. The first-order valence-electron chi connectivity index (χ1n) is 5.28. The summed E-state index contributed by atoms with van der Waals surface area (Å²) < 4.78 is 0. The Kier molecular flexibility index (Phi) is 2.97. The number of aryl methyl sites for hydroxylation is 2. The molecule has 0 fully saturated rings. The van der Waals surface area contributed by atoms with E-state index in [-0.39, 0.29) is 0 Å². The van der Waals surface area contributed by atoms with E-state index in [1.807, 2.05) is 25.1 Å². The summed E-state index contributed by atoms with van der Waals surface area (Å²) in [4.78, 5) is 4.60. The van der Waals surface area contributed by atoms with Gasteiger partial charge in [-0.2, -0.15) is 0 Å². The molecule has 1 heterocycles. The van der Waals surface area contributed by atoms with Gasteiger partial charge in [-0.05, 0) is 49.6 Å². The fourth-order valence-electron chi connectivity index (χ4n) is 1.99. The summed E-state index contributed by atoms with van der Waals surface area (Å²) in [7, 11) is 0. The second-order valence-corrected chi connectivity index (χ2v) is 4.23. The zero-order valence-electron chi connectivity index (χ0n) is 9.71. The van der Waals surface area contributed by atoms with Gasteiger partial charge in [0.1, 0.15) is 0 Å². The number of benzene rings is 1. The molecule has 0 amide bonds. The Morgan fingerprint density at radius 2 is 1.88 bits per heavy atom. The molecule has 1 aromatic heterocycles. The maximum absolute atomic E-state index is 5.66. The smallest absolute Gasteiger partial charge is 0.0714 e. The first-order valence-corrected chi connectivity index (χ1v) is 5.72. The van der Waals surface area contributed by atoms with Crippen molar-refractivity contribution in [2.24, 2.45) is 0 Å². The summed E-state index contributed by atoms with van der Waals surface area (Å²) in [6.45, 7) is 6.29. The largest absolute Gasteiger partial charge is 0.253 e. The van der Waals surface area contributed by atoms with Crippen LogP contribution in [0, 0.1) is 20.8 Å². The molecule has 16 heavy (non-hydrogen) atoms. The summed E-state index contributed by atoms with van der Waals surface area (Å²) in [6.07, 6.45) is 1.91. The highest BCUT2D eigenvalue weighted by molar-refractivity contribution is 6.27. The molecule has 1 nitrogen and oxygen atoms in total. The lowest BCUT2D eigenvalue weighted by molar-refractivity contribution is 1.17. The fraction of sp³-hybridized carbons (Fsp3) is 0.214.